The molecule has 0 unspecified atom stereocenters. The second-order valence-corrected chi connectivity index (χ2v) is 2.94. The maximum absolute atomic E-state index is 10.9. The molecule has 1 aromatic carbocycles. The highest BCUT2D eigenvalue weighted by Gasteiger charge is 2.04. The molecule has 0 aliphatic carbocycles. The molecule has 0 aliphatic heterocycles. The molecule has 0 fully saturated rings. The molecule has 0 aliphatic rings. The summed E-state index contributed by atoms with van der Waals surface area (Å²) in [7, 11) is 1.53. The Labute approximate surface area is 85.2 Å². The summed E-state index contributed by atoms with van der Waals surface area (Å²) in [6, 6.07) is 7.37. The number of nitrogens with one attached hydrogen (secondary N) is 1. The summed E-state index contributed by atoms with van der Waals surface area (Å²) < 4.78 is 5.01. The van der Waals surface area contributed by atoms with Gasteiger partial charge in [-0.15, -0.1) is 0 Å². The Morgan fingerprint density at radius 2 is 2.23 bits per heavy atom. The van der Waals surface area contributed by atoms with Gasteiger partial charge in [0.25, 0.3) is 0 Å². The van der Waals surface area contributed by atoms with E-state index in [0.717, 1.165) is 5.56 Å². The summed E-state index contributed by atoms with van der Waals surface area (Å²) in [6.45, 7) is 0. The monoisotopic (exact) mass is 243 g/mol. The number of benzene rings is 1. The predicted molar refractivity (Wildman–Crippen MR) is 54.2 cm³/mol. The van der Waals surface area contributed by atoms with Crippen molar-refractivity contribution in [1.82, 2.24) is 5.32 Å². The van der Waals surface area contributed by atoms with Gasteiger partial charge in [-0.25, -0.2) is 4.79 Å². The number of ether oxygens (including phenoxy) is 1. The summed E-state index contributed by atoms with van der Waals surface area (Å²) in [5.41, 5.74) is 0.950. The fourth-order valence-electron chi connectivity index (χ4n) is 0.865. The second-order valence-electron chi connectivity index (χ2n) is 2.38. The Bertz CT molecular complexity index is 301. The molecule has 0 saturated heterocycles. The average molecular weight is 244 g/mol. The molecular weight excluding hydrogens is 234 g/mol. The lowest BCUT2D eigenvalue weighted by Crippen LogP contribution is -2.22. The van der Waals surface area contributed by atoms with Crippen molar-refractivity contribution in [2.45, 2.75) is 5.33 Å². The van der Waals surface area contributed by atoms with Crippen LogP contribution in [0.15, 0.2) is 24.3 Å². The topological polar surface area (TPSA) is 38.3 Å². The van der Waals surface area contributed by atoms with Crippen LogP contribution in [0, 0.1) is 0 Å². The van der Waals surface area contributed by atoms with Gasteiger partial charge in [0, 0.05) is 17.9 Å². The first-order valence-corrected chi connectivity index (χ1v) is 4.93. The van der Waals surface area contributed by atoms with Crippen molar-refractivity contribution in [3.63, 3.8) is 0 Å². The van der Waals surface area contributed by atoms with Crippen LogP contribution >= 0.6 is 15.9 Å². The third-order valence-electron chi connectivity index (χ3n) is 1.52. The van der Waals surface area contributed by atoms with Crippen LogP contribution in [0.5, 0.6) is 5.75 Å². The van der Waals surface area contributed by atoms with Crippen LogP contribution in [-0.4, -0.2) is 13.1 Å². The van der Waals surface area contributed by atoms with E-state index in [1.54, 1.807) is 6.07 Å². The molecule has 0 aromatic heterocycles. The summed E-state index contributed by atoms with van der Waals surface area (Å²) in [5.74, 6) is 0.582. The fourth-order valence-corrected chi connectivity index (χ4v) is 1.33. The summed E-state index contributed by atoms with van der Waals surface area (Å²) in [5, 5.41) is 3.06. The Morgan fingerprint density at radius 1 is 1.54 bits per heavy atom. The van der Waals surface area contributed by atoms with E-state index in [-0.39, 0.29) is 0 Å². The smallest absolute Gasteiger partial charge is 0.410 e. The van der Waals surface area contributed by atoms with Gasteiger partial charge in [-0.1, -0.05) is 34.1 Å². The number of para-hydroxylation sites is 1. The first-order valence-electron chi connectivity index (χ1n) is 3.81. The molecule has 1 amide bonds. The van der Waals surface area contributed by atoms with Crippen molar-refractivity contribution >= 4 is 22.0 Å². The third kappa shape index (κ3) is 2.73. The van der Waals surface area contributed by atoms with Crippen LogP contribution in [0.2, 0.25) is 0 Å². The van der Waals surface area contributed by atoms with Crippen LogP contribution in [0.25, 0.3) is 0 Å². The molecule has 70 valence electrons. The highest BCUT2D eigenvalue weighted by molar-refractivity contribution is 9.08. The van der Waals surface area contributed by atoms with Crippen LogP contribution in [0.1, 0.15) is 5.56 Å². The van der Waals surface area contributed by atoms with Crippen LogP contribution in [0.3, 0.4) is 0 Å². The number of hydrogen-bond acceptors (Lipinski definition) is 2. The largest absolute Gasteiger partial charge is 0.412 e. The molecule has 0 heterocycles. The number of hydrogen-bond donors (Lipinski definition) is 1. The van der Waals surface area contributed by atoms with Gasteiger partial charge in [0.1, 0.15) is 5.75 Å². The molecule has 13 heavy (non-hydrogen) atoms. The summed E-state index contributed by atoms with van der Waals surface area (Å²) in [6.07, 6.45) is -0.451. The summed E-state index contributed by atoms with van der Waals surface area (Å²) >= 11 is 3.31. The maximum atomic E-state index is 10.9. The van der Waals surface area contributed by atoms with Crippen molar-refractivity contribution in [3.05, 3.63) is 29.8 Å². The minimum Gasteiger partial charge on any atom is -0.410 e. The van der Waals surface area contributed by atoms with Gasteiger partial charge in [-0.3, -0.25) is 0 Å². The molecule has 0 atom stereocenters. The van der Waals surface area contributed by atoms with E-state index in [2.05, 4.69) is 21.2 Å². The predicted octanol–water partition coefficient (Wildman–Crippen LogP) is 2.30. The van der Waals surface area contributed by atoms with Crippen molar-refractivity contribution in [2.24, 2.45) is 0 Å². The Kier molecular flexibility index (Phi) is 3.76. The van der Waals surface area contributed by atoms with Gasteiger partial charge < -0.3 is 10.1 Å². The highest BCUT2D eigenvalue weighted by Crippen LogP contribution is 2.20. The average Bonchev–Trinajstić information content (AvgIpc) is 2.18. The van der Waals surface area contributed by atoms with Crippen LogP contribution < -0.4 is 10.1 Å². The van der Waals surface area contributed by atoms with Crippen molar-refractivity contribution in [3.8, 4) is 5.75 Å². The minimum absolute atomic E-state index is 0.451. The third-order valence-corrected chi connectivity index (χ3v) is 2.13. The first-order chi connectivity index (χ1) is 6.27. The number of carbonyl (C=O) groups excluding carboxylic acids is 1. The van der Waals surface area contributed by atoms with E-state index >= 15 is 0 Å². The first kappa shape index (κ1) is 10.1. The highest BCUT2D eigenvalue weighted by atomic mass is 79.9. The molecule has 0 saturated carbocycles. The normalized spacial score (nSPS) is 9.38. The number of alkyl halides is 1. The minimum atomic E-state index is -0.451. The molecule has 1 rings (SSSR count). The lowest BCUT2D eigenvalue weighted by atomic mass is 10.2. The van der Waals surface area contributed by atoms with E-state index in [0.29, 0.717) is 11.1 Å². The van der Waals surface area contributed by atoms with Gasteiger partial charge in [-0.2, -0.15) is 0 Å². The molecule has 0 bridgehead atoms. The molecule has 4 heteroatoms. The van der Waals surface area contributed by atoms with E-state index in [1.807, 2.05) is 18.2 Å². The number of halogens is 1. The zero-order valence-corrected chi connectivity index (χ0v) is 8.80. The van der Waals surface area contributed by atoms with Gasteiger partial charge in [-0.05, 0) is 6.07 Å². The molecule has 0 spiro atoms. The lowest BCUT2D eigenvalue weighted by molar-refractivity contribution is 0.202. The van der Waals surface area contributed by atoms with Gasteiger partial charge in [0.05, 0.1) is 0 Å². The Balaban J connectivity index is 2.81. The van der Waals surface area contributed by atoms with Crippen molar-refractivity contribution in [2.75, 3.05) is 7.05 Å². The van der Waals surface area contributed by atoms with Crippen LogP contribution in [0.4, 0.5) is 4.79 Å². The molecule has 1 aromatic rings. The van der Waals surface area contributed by atoms with Gasteiger partial charge >= 0.3 is 6.09 Å². The van der Waals surface area contributed by atoms with Crippen LogP contribution in [-0.2, 0) is 5.33 Å². The zero-order chi connectivity index (χ0) is 9.68. The number of amides is 1. The van der Waals surface area contributed by atoms with Gasteiger partial charge in [0.2, 0.25) is 0 Å². The second kappa shape index (κ2) is 4.87. The standard InChI is InChI=1S/C9H10BrNO2/c1-11-9(12)13-8-5-3-2-4-7(8)6-10/h2-5H,6H2,1H3,(H,11,12). The Morgan fingerprint density at radius 3 is 2.85 bits per heavy atom. The molecule has 3 nitrogen and oxygen atoms in total. The van der Waals surface area contributed by atoms with Crippen molar-refractivity contribution < 1.29 is 9.53 Å². The van der Waals surface area contributed by atoms with E-state index in [9.17, 15) is 4.79 Å². The maximum Gasteiger partial charge on any atom is 0.412 e. The SMILES string of the molecule is CNC(=O)Oc1ccccc1CBr. The van der Waals surface area contributed by atoms with Gasteiger partial charge in [0.15, 0.2) is 0 Å². The van der Waals surface area contributed by atoms with E-state index < -0.39 is 6.09 Å². The van der Waals surface area contributed by atoms with Crippen molar-refractivity contribution in [1.29, 1.82) is 0 Å². The fraction of sp³-hybridized carbons (Fsp3) is 0.222. The van der Waals surface area contributed by atoms with E-state index in [1.165, 1.54) is 7.05 Å². The quantitative estimate of drug-likeness (QED) is 0.810. The molecule has 1 N–H and O–H groups in total. The lowest BCUT2D eigenvalue weighted by Gasteiger charge is -2.06. The molecule has 0 radical (unpaired) electrons. The number of rotatable bonds is 2. The Hall–Kier alpha value is -1.03. The molecular formula is C9H10BrNO2. The zero-order valence-electron chi connectivity index (χ0n) is 7.21. The summed E-state index contributed by atoms with van der Waals surface area (Å²) in [4.78, 5) is 10.9. The number of carbonyl (C=O) groups is 1. The van der Waals surface area contributed by atoms with E-state index in [4.69, 9.17) is 4.74 Å².